The Labute approximate surface area is 126 Å². The molecule has 1 saturated carbocycles. The van der Waals surface area contributed by atoms with E-state index in [0.717, 1.165) is 18.4 Å². The van der Waals surface area contributed by atoms with Crippen molar-refractivity contribution in [2.45, 2.75) is 37.3 Å². The zero-order chi connectivity index (χ0) is 15.5. The Bertz CT molecular complexity index is 481. The molecule has 5 nitrogen and oxygen atoms in total. The van der Waals surface area contributed by atoms with E-state index in [9.17, 15) is 9.90 Å². The van der Waals surface area contributed by atoms with Crippen molar-refractivity contribution in [1.82, 2.24) is 10.2 Å². The fourth-order valence-electron chi connectivity index (χ4n) is 2.73. The normalized spacial score (nSPS) is 18.1. The quantitative estimate of drug-likeness (QED) is 0.726. The van der Waals surface area contributed by atoms with Crippen molar-refractivity contribution in [3.8, 4) is 5.75 Å². The first kappa shape index (κ1) is 15.8. The number of aromatic hydroxyl groups is 1. The van der Waals surface area contributed by atoms with Crippen LogP contribution in [0.2, 0.25) is 0 Å². The number of carbonyl (C=O) groups excluding carboxylic acids is 1. The summed E-state index contributed by atoms with van der Waals surface area (Å²) in [4.78, 5) is 14.3. The maximum absolute atomic E-state index is 12.1. The van der Waals surface area contributed by atoms with Crippen LogP contribution in [0.3, 0.4) is 0 Å². The molecule has 0 spiro atoms. The van der Waals surface area contributed by atoms with E-state index in [2.05, 4.69) is 24.3 Å². The van der Waals surface area contributed by atoms with Crippen molar-refractivity contribution in [3.05, 3.63) is 29.8 Å². The van der Waals surface area contributed by atoms with E-state index in [1.807, 2.05) is 0 Å². The number of nitrogens with two attached hydrogens (primary N) is 1. The molecule has 0 bridgehead atoms. The third kappa shape index (κ3) is 3.74. The summed E-state index contributed by atoms with van der Waals surface area (Å²) < 4.78 is 0. The van der Waals surface area contributed by atoms with E-state index in [4.69, 9.17) is 5.73 Å². The van der Waals surface area contributed by atoms with Gasteiger partial charge in [-0.05, 0) is 57.5 Å². The van der Waals surface area contributed by atoms with Crippen LogP contribution in [0, 0.1) is 0 Å². The minimum atomic E-state index is -0.561. The lowest BCUT2D eigenvalue weighted by Gasteiger charge is -2.47. The number of hydrogen-bond donors (Lipinski definition) is 3. The summed E-state index contributed by atoms with van der Waals surface area (Å²) in [6.07, 6.45) is 3.93. The van der Waals surface area contributed by atoms with Crippen LogP contribution in [0.15, 0.2) is 24.3 Å². The largest absolute Gasteiger partial charge is 0.508 e. The lowest BCUT2D eigenvalue weighted by atomic mass is 9.75. The molecule has 5 heteroatoms. The molecule has 2 rings (SSSR count). The van der Waals surface area contributed by atoms with Crippen molar-refractivity contribution in [2.24, 2.45) is 5.73 Å². The van der Waals surface area contributed by atoms with Gasteiger partial charge in [0, 0.05) is 12.1 Å². The Hall–Kier alpha value is -1.59. The topological polar surface area (TPSA) is 78.6 Å². The second-order valence-electron chi connectivity index (χ2n) is 6.17. The van der Waals surface area contributed by atoms with Crippen molar-refractivity contribution in [3.63, 3.8) is 0 Å². The molecule has 21 heavy (non-hydrogen) atoms. The average Bonchev–Trinajstić information content (AvgIpc) is 2.39. The molecule has 0 saturated heterocycles. The van der Waals surface area contributed by atoms with Crippen molar-refractivity contribution in [1.29, 1.82) is 0 Å². The number of amides is 1. The summed E-state index contributed by atoms with van der Waals surface area (Å²) in [6, 6.07) is 6.23. The highest BCUT2D eigenvalue weighted by Gasteiger charge is 2.39. The lowest BCUT2D eigenvalue weighted by Crippen LogP contribution is -2.58. The van der Waals surface area contributed by atoms with Gasteiger partial charge in [-0.15, -0.1) is 0 Å². The Morgan fingerprint density at radius 3 is 2.48 bits per heavy atom. The van der Waals surface area contributed by atoms with Gasteiger partial charge in [0.05, 0.1) is 6.04 Å². The lowest BCUT2D eigenvalue weighted by molar-refractivity contribution is -0.123. The van der Waals surface area contributed by atoms with Gasteiger partial charge in [0.2, 0.25) is 5.91 Å². The number of phenols is 1. The third-order valence-corrected chi connectivity index (χ3v) is 4.55. The molecule has 1 aliphatic carbocycles. The van der Waals surface area contributed by atoms with Crippen LogP contribution in [0.5, 0.6) is 5.75 Å². The molecular weight excluding hydrogens is 266 g/mol. The monoisotopic (exact) mass is 291 g/mol. The van der Waals surface area contributed by atoms with E-state index in [-0.39, 0.29) is 17.2 Å². The smallest absolute Gasteiger partial charge is 0.237 e. The Balaban J connectivity index is 1.84. The molecule has 116 valence electrons. The summed E-state index contributed by atoms with van der Waals surface area (Å²) in [5.74, 6) is 0.103. The minimum absolute atomic E-state index is 0.105. The molecule has 0 radical (unpaired) electrons. The van der Waals surface area contributed by atoms with Gasteiger partial charge in [-0.1, -0.05) is 12.1 Å². The van der Waals surface area contributed by atoms with E-state index in [0.29, 0.717) is 13.0 Å². The van der Waals surface area contributed by atoms with Crippen LogP contribution in [-0.2, 0) is 11.2 Å². The molecular formula is C16H25N3O2. The first-order chi connectivity index (χ1) is 9.93. The number of benzene rings is 1. The molecule has 1 atom stereocenters. The Morgan fingerprint density at radius 2 is 2.00 bits per heavy atom. The number of carbonyl (C=O) groups is 1. The van der Waals surface area contributed by atoms with Gasteiger partial charge in [-0.2, -0.15) is 0 Å². The zero-order valence-electron chi connectivity index (χ0n) is 12.8. The van der Waals surface area contributed by atoms with Crippen molar-refractivity contribution < 1.29 is 9.90 Å². The van der Waals surface area contributed by atoms with Gasteiger partial charge in [-0.25, -0.2) is 0 Å². The summed E-state index contributed by atoms with van der Waals surface area (Å²) in [5, 5.41) is 12.2. The third-order valence-electron chi connectivity index (χ3n) is 4.55. The van der Waals surface area contributed by atoms with E-state index >= 15 is 0 Å². The van der Waals surface area contributed by atoms with Gasteiger partial charge in [0.1, 0.15) is 5.75 Å². The molecule has 4 N–H and O–H groups in total. The van der Waals surface area contributed by atoms with Crippen LogP contribution in [0.25, 0.3) is 0 Å². The molecule has 0 aromatic heterocycles. The van der Waals surface area contributed by atoms with Crippen LogP contribution in [0.4, 0.5) is 0 Å². The molecule has 1 aliphatic rings. The predicted molar refractivity (Wildman–Crippen MR) is 83.1 cm³/mol. The van der Waals surface area contributed by atoms with Crippen molar-refractivity contribution in [2.75, 3.05) is 20.6 Å². The summed E-state index contributed by atoms with van der Waals surface area (Å²) in [5.41, 5.74) is 7.01. The summed E-state index contributed by atoms with van der Waals surface area (Å²) in [6.45, 7) is 0.655. The second kappa shape index (κ2) is 6.45. The zero-order valence-corrected chi connectivity index (χ0v) is 12.8. The van der Waals surface area contributed by atoms with E-state index in [1.165, 1.54) is 6.42 Å². The SMILES string of the molecule is CN(C)C1(CNC(=O)C(N)Cc2ccc(O)cc2)CCC1. The van der Waals surface area contributed by atoms with E-state index < -0.39 is 6.04 Å². The molecule has 1 aromatic carbocycles. The van der Waals surface area contributed by atoms with Gasteiger partial charge in [0.15, 0.2) is 0 Å². The minimum Gasteiger partial charge on any atom is -0.508 e. The highest BCUT2D eigenvalue weighted by atomic mass is 16.3. The second-order valence-corrected chi connectivity index (χ2v) is 6.17. The van der Waals surface area contributed by atoms with Gasteiger partial charge >= 0.3 is 0 Å². The average molecular weight is 291 g/mol. The summed E-state index contributed by atoms with van der Waals surface area (Å²) in [7, 11) is 4.11. The number of nitrogens with one attached hydrogen (secondary N) is 1. The number of phenolic OH excluding ortho intramolecular Hbond substituents is 1. The molecule has 0 aliphatic heterocycles. The number of nitrogens with zero attached hydrogens (tertiary/aromatic N) is 1. The molecule has 1 unspecified atom stereocenters. The standard InChI is InChI=1S/C16H25N3O2/c1-19(2)16(8-3-9-16)11-18-15(21)14(17)10-12-4-6-13(20)7-5-12/h4-7,14,20H,3,8-11,17H2,1-2H3,(H,18,21). The Morgan fingerprint density at radius 1 is 1.38 bits per heavy atom. The Kier molecular flexibility index (Phi) is 4.85. The van der Waals surface area contributed by atoms with Gasteiger partial charge in [0.25, 0.3) is 0 Å². The van der Waals surface area contributed by atoms with Crippen LogP contribution in [-0.4, -0.2) is 48.1 Å². The fraction of sp³-hybridized carbons (Fsp3) is 0.562. The number of hydrogen-bond acceptors (Lipinski definition) is 4. The molecule has 0 heterocycles. The predicted octanol–water partition coefficient (Wildman–Crippen LogP) is 0.863. The number of likely N-dealkylation sites (N-methyl/N-ethyl adjacent to an activating group) is 1. The maximum Gasteiger partial charge on any atom is 0.237 e. The molecule has 1 aromatic rings. The van der Waals surface area contributed by atoms with Crippen LogP contribution < -0.4 is 11.1 Å². The molecule has 1 amide bonds. The highest BCUT2D eigenvalue weighted by Crippen LogP contribution is 2.35. The van der Waals surface area contributed by atoms with Crippen molar-refractivity contribution >= 4 is 5.91 Å². The first-order valence-electron chi connectivity index (χ1n) is 7.42. The first-order valence-corrected chi connectivity index (χ1v) is 7.42. The van der Waals surface area contributed by atoms with Crippen LogP contribution >= 0.6 is 0 Å². The van der Waals surface area contributed by atoms with Gasteiger partial charge in [-0.3, -0.25) is 4.79 Å². The van der Waals surface area contributed by atoms with Crippen LogP contribution in [0.1, 0.15) is 24.8 Å². The summed E-state index contributed by atoms with van der Waals surface area (Å²) >= 11 is 0. The fourth-order valence-corrected chi connectivity index (χ4v) is 2.73. The highest BCUT2D eigenvalue weighted by molar-refractivity contribution is 5.81. The van der Waals surface area contributed by atoms with E-state index in [1.54, 1.807) is 24.3 Å². The molecule has 1 fully saturated rings. The van der Waals surface area contributed by atoms with Gasteiger partial charge < -0.3 is 21.1 Å². The number of rotatable bonds is 6. The maximum atomic E-state index is 12.1.